The quantitative estimate of drug-likeness (QED) is 0.588. The van der Waals surface area contributed by atoms with Crippen LogP contribution in [0.1, 0.15) is 18.1 Å². The predicted molar refractivity (Wildman–Crippen MR) is 49.8 cm³/mol. The van der Waals surface area contributed by atoms with Gasteiger partial charge in [0, 0.05) is 0 Å². The van der Waals surface area contributed by atoms with Gasteiger partial charge in [-0.3, -0.25) is 0 Å². The number of alkyl halides is 1. The van der Waals surface area contributed by atoms with Crippen molar-refractivity contribution in [1.29, 1.82) is 0 Å². The summed E-state index contributed by atoms with van der Waals surface area (Å²) < 4.78 is 13.6. The highest BCUT2D eigenvalue weighted by Gasteiger charge is 2.20. The molecule has 1 aromatic rings. The molecule has 0 N–H and O–H groups in total. The SMILES string of the molecule is C=CC(C)(F)c1cccc(C)c1. The Morgan fingerprint density at radius 3 is 2.67 bits per heavy atom. The van der Waals surface area contributed by atoms with Gasteiger partial charge in [0.25, 0.3) is 0 Å². The molecule has 0 aliphatic rings. The zero-order valence-electron chi connectivity index (χ0n) is 7.47. The van der Waals surface area contributed by atoms with E-state index in [4.69, 9.17) is 0 Å². The van der Waals surface area contributed by atoms with Crippen molar-refractivity contribution in [3.05, 3.63) is 48.0 Å². The van der Waals surface area contributed by atoms with Crippen molar-refractivity contribution in [3.8, 4) is 0 Å². The molecule has 0 aliphatic heterocycles. The van der Waals surface area contributed by atoms with E-state index < -0.39 is 5.67 Å². The van der Waals surface area contributed by atoms with Gasteiger partial charge in [-0.05, 0) is 19.4 Å². The molecule has 0 amide bonds. The van der Waals surface area contributed by atoms with Crippen LogP contribution in [0.25, 0.3) is 0 Å². The number of aryl methyl sites for hydroxylation is 1. The highest BCUT2D eigenvalue weighted by molar-refractivity contribution is 5.29. The van der Waals surface area contributed by atoms with Crippen molar-refractivity contribution < 1.29 is 4.39 Å². The van der Waals surface area contributed by atoms with Gasteiger partial charge in [-0.15, -0.1) is 0 Å². The first-order valence-electron chi connectivity index (χ1n) is 3.96. The minimum atomic E-state index is -1.41. The summed E-state index contributed by atoms with van der Waals surface area (Å²) in [6.45, 7) is 6.92. The molecule has 0 aromatic heterocycles. The first-order valence-corrected chi connectivity index (χ1v) is 3.96. The molecule has 1 aromatic carbocycles. The number of hydrogen-bond donors (Lipinski definition) is 0. The van der Waals surface area contributed by atoms with Crippen LogP contribution in [0.2, 0.25) is 0 Å². The molecular formula is C11H13F. The van der Waals surface area contributed by atoms with Gasteiger partial charge in [-0.2, -0.15) is 0 Å². The van der Waals surface area contributed by atoms with Crippen LogP contribution in [0.4, 0.5) is 4.39 Å². The molecule has 0 bridgehead atoms. The molecule has 0 saturated heterocycles. The maximum atomic E-state index is 13.6. The second kappa shape index (κ2) is 3.10. The van der Waals surface area contributed by atoms with E-state index in [9.17, 15) is 4.39 Å². The van der Waals surface area contributed by atoms with Crippen LogP contribution in [0.3, 0.4) is 0 Å². The number of benzene rings is 1. The van der Waals surface area contributed by atoms with E-state index in [-0.39, 0.29) is 0 Å². The predicted octanol–water partition coefficient (Wildman–Crippen LogP) is 3.37. The normalized spacial score (nSPS) is 15.2. The molecule has 0 spiro atoms. The molecule has 1 rings (SSSR count). The van der Waals surface area contributed by atoms with Crippen LogP contribution in [0.5, 0.6) is 0 Å². The summed E-state index contributed by atoms with van der Waals surface area (Å²) in [4.78, 5) is 0. The number of allylic oxidation sites excluding steroid dienone is 1. The van der Waals surface area contributed by atoms with Crippen molar-refractivity contribution in [1.82, 2.24) is 0 Å². The lowest BCUT2D eigenvalue weighted by molar-refractivity contribution is 0.264. The van der Waals surface area contributed by atoms with Gasteiger partial charge in [0.1, 0.15) is 0 Å². The maximum Gasteiger partial charge on any atom is 0.151 e. The lowest BCUT2D eigenvalue weighted by Gasteiger charge is -2.15. The number of rotatable bonds is 2. The van der Waals surface area contributed by atoms with Crippen LogP contribution in [0, 0.1) is 6.92 Å². The van der Waals surface area contributed by atoms with Crippen LogP contribution in [-0.2, 0) is 5.67 Å². The van der Waals surface area contributed by atoms with Gasteiger partial charge in [-0.25, -0.2) is 4.39 Å². The van der Waals surface area contributed by atoms with Crippen molar-refractivity contribution in [3.63, 3.8) is 0 Å². The van der Waals surface area contributed by atoms with Crippen LogP contribution >= 0.6 is 0 Å². The topological polar surface area (TPSA) is 0 Å². The van der Waals surface area contributed by atoms with E-state index in [1.54, 1.807) is 6.07 Å². The Morgan fingerprint density at radius 1 is 1.50 bits per heavy atom. The summed E-state index contributed by atoms with van der Waals surface area (Å²) in [5, 5.41) is 0. The van der Waals surface area contributed by atoms with Crippen LogP contribution < -0.4 is 0 Å². The summed E-state index contributed by atoms with van der Waals surface area (Å²) in [7, 11) is 0. The third-order valence-corrected chi connectivity index (χ3v) is 1.97. The maximum absolute atomic E-state index is 13.6. The highest BCUT2D eigenvalue weighted by atomic mass is 19.1. The molecular weight excluding hydrogens is 151 g/mol. The standard InChI is InChI=1S/C11H13F/c1-4-11(3,12)10-7-5-6-9(2)8-10/h4-8H,1H2,2-3H3. The van der Waals surface area contributed by atoms with Crippen LogP contribution in [-0.4, -0.2) is 0 Å². The number of halogens is 1. The summed E-state index contributed by atoms with van der Waals surface area (Å²) in [6.07, 6.45) is 1.32. The van der Waals surface area contributed by atoms with E-state index >= 15 is 0 Å². The minimum Gasteiger partial charge on any atom is -0.234 e. The Kier molecular flexibility index (Phi) is 2.32. The van der Waals surface area contributed by atoms with Gasteiger partial charge in [0.15, 0.2) is 5.67 Å². The summed E-state index contributed by atoms with van der Waals surface area (Å²) in [5.41, 5.74) is 0.321. The van der Waals surface area contributed by atoms with Gasteiger partial charge in [0.2, 0.25) is 0 Å². The largest absolute Gasteiger partial charge is 0.234 e. The zero-order valence-corrected chi connectivity index (χ0v) is 7.47. The van der Waals surface area contributed by atoms with Crippen molar-refractivity contribution in [2.24, 2.45) is 0 Å². The molecule has 1 heteroatoms. The van der Waals surface area contributed by atoms with Crippen molar-refractivity contribution in [2.75, 3.05) is 0 Å². The molecule has 0 saturated carbocycles. The Hall–Kier alpha value is -1.11. The smallest absolute Gasteiger partial charge is 0.151 e. The molecule has 0 heterocycles. The van der Waals surface area contributed by atoms with E-state index in [0.717, 1.165) is 5.56 Å². The van der Waals surface area contributed by atoms with Crippen molar-refractivity contribution in [2.45, 2.75) is 19.5 Å². The van der Waals surface area contributed by atoms with Gasteiger partial charge >= 0.3 is 0 Å². The highest BCUT2D eigenvalue weighted by Crippen LogP contribution is 2.26. The summed E-state index contributed by atoms with van der Waals surface area (Å²) in [5.74, 6) is 0. The first-order chi connectivity index (χ1) is 5.56. The van der Waals surface area contributed by atoms with Gasteiger partial charge in [-0.1, -0.05) is 42.5 Å². The second-order valence-corrected chi connectivity index (χ2v) is 3.15. The second-order valence-electron chi connectivity index (χ2n) is 3.15. The minimum absolute atomic E-state index is 0.664. The zero-order chi connectivity index (χ0) is 9.19. The monoisotopic (exact) mass is 164 g/mol. The summed E-state index contributed by atoms with van der Waals surface area (Å²) >= 11 is 0. The fourth-order valence-electron chi connectivity index (χ4n) is 1.07. The molecule has 0 aliphatic carbocycles. The lowest BCUT2D eigenvalue weighted by Crippen LogP contribution is -2.10. The van der Waals surface area contributed by atoms with E-state index in [0.29, 0.717) is 5.56 Å². The lowest BCUT2D eigenvalue weighted by atomic mass is 9.97. The Bertz CT molecular complexity index is 287. The van der Waals surface area contributed by atoms with E-state index in [2.05, 4.69) is 6.58 Å². The fourth-order valence-corrected chi connectivity index (χ4v) is 1.07. The summed E-state index contributed by atoms with van der Waals surface area (Å²) in [6, 6.07) is 7.41. The average Bonchev–Trinajstić information content (AvgIpc) is 2.05. The fraction of sp³-hybridized carbons (Fsp3) is 0.273. The Morgan fingerprint density at radius 2 is 2.17 bits per heavy atom. The van der Waals surface area contributed by atoms with E-state index in [1.807, 2.05) is 25.1 Å². The molecule has 12 heavy (non-hydrogen) atoms. The Labute approximate surface area is 72.7 Å². The third kappa shape index (κ3) is 1.73. The Balaban J connectivity index is 3.11. The molecule has 0 radical (unpaired) electrons. The average molecular weight is 164 g/mol. The van der Waals surface area contributed by atoms with E-state index in [1.165, 1.54) is 13.0 Å². The first kappa shape index (κ1) is 8.98. The third-order valence-electron chi connectivity index (χ3n) is 1.97. The molecule has 64 valence electrons. The molecule has 1 unspecified atom stereocenters. The van der Waals surface area contributed by atoms with Gasteiger partial charge < -0.3 is 0 Å². The molecule has 1 atom stereocenters. The number of hydrogen-bond acceptors (Lipinski definition) is 0. The van der Waals surface area contributed by atoms with Crippen LogP contribution in [0.15, 0.2) is 36.9 Å². The molecule has 0 nitrogen and oxygen atoms in total. The van der Waals surface area contributed by atoms with Gasteiger partial charge in [0.05, 0.1) is 0 Å². The molecule has 0 fully saturated rings. The van der Waals surface area contributed by atoms with Crippen molar-refractivity contribution >= 4 is 0 Å².